The minimum Gasteiger partial charge on any atom is -0.357 e. The first-order chi connectivity index (χ1) is 9.88. The van der Waals surface area contributed by atoms with Crippen molar-refractivity contribution in [2.75, 3.05) is 12.4 Å². The summed E-state index contributed by atoms with van der Waals surface area (Å²) in [5.74, 6) is 0.0219. The van der Waals surface area contributed by atoms with Gasteiger partial charge in [0, 0.05) is 18.8 Å². The van der Waals surface area contributed by atoms with E-state index < -0.39 is 11.9 Å². The number of hydrogen-bond acceptors (Lipinski definition) is 4. The van der Waals surface area contributed by atoms with Gasteiger partial charge in [0.1, 0.15) is 0 Å². The third kappa shape index (κ3) is 3.14. The van der Waals surface area contributed by atoms with E-state index >= 15 is 0 Å². The van der Waals surface area contributed by atoms with E-state index in [-0.39, 0.29) is 11.8 Å². The first kappa shape index (κ1) is 15.3. The van der Waals surface area contributed by atoms with Crippen molar-refractivity contribution in [2.45, 2.75) is 32.9 Å². The highest BCUT2D eigenvalue weighted by Crippen LogP contribution is 2.29. The molecule has 0 aromatic carbocycles. The third-order valence-electron chi connectivity index (χ3n) is 3.00. The zero-order chi connectivity index (χ0) is 15.6. The van der Waals surface area contributed by atoms with Gasteiger partial charge in [-0.3, -0.25) is 0 Å². The number of aromatic nitrogens is 4. The zero-order valence-corrected chi connectivity index (χ0v) is 12.0. The van der Waals surface area contributed by atoms with Gasteiger partial charge < -0.3 is 5.32 Å². The highest BCUT2D eigenvalue weighted by Gasteiger charge is 2.34. The molecule has 2 heterocycles. The Bertz CT molecular complexity index is 633. The van der Waals surface area contributed by atoms with Gasteiger partial charge in [-0.25, -0.2) is 9.67 Å². The molecule has 0 atom stereocenters. The molecule has 8 heteroatoms. The van der Waals surface area contributed by atoms with E-state index in [0.717, 1.165) is 17.5 Å². The number of hydrogen-bond donors (Lipinski definition) is 1. The predicted octanol–water partition coefficient (Wildman–Crippen LogP) is 2.85. The summed E-state index contributed by atoms with van der Waals surface area (Å²) in [5, 5.41) is 6.84. The van der Waals surface area contributed by atoms with Crippen molar-refractivity contribution >= 4 is 5.95 Å². The van der Waals surface area contributed by atoms with Crippen molar-refractivity contribution in [3.63, 3.8) is 0 Å². The van der Waals surface area contributed by atoms with Crippen LogP contribution in [0.2, 0.25) is 0 Å². The van der Waals surface area contributed by atoms with Crippen molar-refractivity contribution in [3.05, 3.63) is 29.2 Å². The predicted molar refractivity (Wildman–Crippen MR) is 72.5 cm³/mol. The Morgan fingerprint density at radius 3 is 2.38 bits per heavy atom. The summed E-state index contributed by atoms with van der Waals surface area (Å²) in [6.07, 6.45) is -3.18. The first-order valence-corrected chi connectivity index (χ1v) is 6.61. The maximum Gasteiger partial charge on any atom is 0.433 e. The summed E-state index contributed by atoms with van der Waals surface area (Å²) >= 11 is 0. The van der Waals surface area contributed by atoms with E-state index in [9.17, 15) is 13.2 Å². The van der Waals surface area contributed by atoms with Crippen LogP contribution in [0.25, 0.3) is 5.82 Å². The largest absolute Gasteiger partial charge is 0.433 e. The number of alkyl halides is 3. The maximum absolute atomic E-state index is 12.9. The summed E-state index contributed by atoms with van der Waals surface area (Å²) < 4.78 is 40.2. The van der Waals surface area contributed by atoms with E-state index in [4.69, 9.17) is 0 Å². The minimum absolute atomic E-state index is 0.0876. The fraction of sp³-hybridized carbons (Fsp3) is 0.462. The van der Waals surface area contributed by atoms with Gasteiger partial charge >= 0.3 is 6.18 Å². The van der Waals surface area contributed by atoms with Gasteiger partial charge in [-0.05, 0) is 18.9 Å². The summed E-state index contributed by atoms with van der Waals surface area (Å²) in [6.45, 7) is 3.85. The number of aryl methyl sites for hydroxylation is 2. The van der Waals surface area contributed by atoms with Crippen LogP contribution in [-0.2, 0) is 19.0 Å². The van der Waals surface area contributed by atoms with Gasteiger partial charge in [-0.2, -0.15) is 23.3 Å². The molecule has 114 valence electrons. The molecule has 2 aromatic rings. The molecule has 2 aromatic heterocycles. The molecule has 0 spiro atoms. The molecule has 1 N–H and O–H groups in total. The van der Waals surface area contributed by atoms with Crippen molar-refractivity contribution in [1.82, 2.24) is 19.7 Å². The summed E-state index contributed by atoms with van der Waals surface area (Å²) in [5.41, 5.74) is 0.623. The molecule has 0 aliphatic carbocycles. The summed E-state index contributed by atoms with van der Waals surface area (Å²) in [7, 11) is 1.47. The van der Waals surface area contributed by atoms with Gasteiger partial charge in [0.15, 0.2) is 11.5 Å². The number of rotatable bonds is 4. The monoisotopic (exact) mass is 299 g/mol. The lowest BCUT2D eigenvalue weighted by Crippen LogP contribution is -2.14. The number of anilines is 1. The molecule has 0 saturated carbocycles. The number of nitrogens with one attached hydrogen (secondary N) is 1. The van der Waals surface area contributed by atoms with Crippen LogP contribution in [0.15, 0.2) is 12.1 Å². The molecular weight excluding hydrogens is 283 g/mol. The number of halogens is 3. The van der Waals surface area contributed by atoms with E-state index in [1.54, 1.807) is 0 Å². The van der Waals surface area contributed by atoms with Crippen molar-refractivity contribution in [1.29, 1.82) is 0 Å². The smallest absolute Gasteiger partial charge is 0.357 e. The molecule has 0 bridgehead atoms. The fourth-order valence-corrected chi connectivity index (χ4v) is 1.90. The standard InChI is InChI=1S/C13H16F3N5/c1-4-8-6-9(5-2)21(20-8)11-7-10(13(14,15)16)18-12(17-3)19-11/h6-7H,4-5H2,1-3H3,(H,17,18,19). The average molecular weight is 299 g/mol. The summed E-state index contributed by atoms with van der Waals surface area (Å²) in [4.78, 5) is 7.51. The first-order valence-electron chi connectivity index (χ1n) is 6.61. The van der Waals surface area contributed by atoms with Crippen LogP contribution in [0, 0.1) is 0 Å². The van der Waals surface area contributed by atoms with E-state index in [1.165, 1.54) is 11.7 Å². The van der Waals surface area contributed by atoms with Crippen molar-refractivity contribution < 1.29 is 13.2 Å². The topological polar surface area (TPSA) is 55.6 Å². The Morgan fingerprint density at radius 2 is 1.86 bits per heavy atom. The van der Waals surface area contributed by atoms with E-state index in [0.29, 0.717) is 12.8 Å². The highest BCUT2D eigenvalue weighted by atomic mass is 19.4. The molecule has 2 rings (SSSR count). The molecule has 0 saturated heterocycles. The molecule has 5 nitrogen and oxygen atoms in total. The lowest BCUT2D eigenvalue weighted by Gasteiger charge is -2.11. The van der Waals surface area contributed by atoms with Crippen LogP contribution in [0.1, 0.15) is 30.9 Å². The third-order valence-corrected chi connectivity index (χ3v) is 3.00. The molecule has 0 unspecified atom stereocenters. The Morgan fingerprint density at radius 1 is 1.14 bits per heavy atom. The normalized spacial score (nSPS) is 11.7. The second-order valence-electron chi connectivity index (χ2n) is 4.43. The zero-order valence-electron chi connectivity index (χ0n) is 12.0. The van der Waals surface area contributed by atoms with Crippen LogP contribution in [0.3, 0.4) is 0 Å². The SMILES string of the molecule is CCc1cc(CC)n(-c2cc(C(F)(F)F)nc(NC)n2)n1. The molecule has 21 heavy (non-hydrogen) atoms. The lowest BCUT2D eigenvalue weighted by atomic mass is 10.2. The van der Waals surface area contributed by atoms with Crippen LogP contribution in [0.4, 0.5) is 19.1 Å². The molecule has 0 fully saturated rings. The Kier molecular flexibility index (Phi) is 4.15. The van der Waals surface area contributed by atoms with Gasteiger partial charge in [0.05, 0.1) is 5.69 Å². The molecule has 0 aliphatic heterocycles. The molecule has 0 aliphatic rings. The Balaban J connectivity index is 2.60. The fourth-order valence-electron chi connectivity index (χ4n) is 1.90. The van der Waals surface area contributed by atoms with Crippen LogP contribution >= 0.6 is 0 Å². The van der Waals surface area contributed by atoms with Crippen LogP contribution in [0.5, 0.6) is 0 Å². The van der Waals surface area contributed by atoms with E-state index in [2.05, 4.69) is 20.4 Å². The van der Waals surface area contributed by atoms with Crippen molar-refractivity contribution in [2.24, 2.45) is 0 Å². The quantitative estimate of drug-likeness (QED) is 0.943. The Labute approximate surface area is 120 Å². The van der Waals surface area contributed by atoms with Crippen molar-refractivity contribution in [3.8, 4) is 5.82 Å². The Hall–Kier alpha value is -2.12. The average Bonchev–Trinajstić information content (AvgIpc) is 2.89. The molecule has 0 radical (unpaired) electrons. The second kappa shape index (κ2) is 5.71. The lowest BCUT2D eigenvalue weighted by molar-refractivity contribution is -0.141. The second-order valence-corrected chi connectivity index (χ2v) is 4.43. The number of nitrogens with zero attached hydrogens (tertiary/aromatic N) is 4. The van der Waals surface area contributed by atoms with Crippen LogP contribution < -0.4 is 5.32 Å². The highest BCUT2D eigenvalue weighted by molar-refractivity contribution is 5.36. The van der Waals surface area contributed by atoms with Gasteiger partial charge in [-0.1, -0.05) is 13.8 Å². The van der Waals surface area contributed by atoms with Gasteiger partial charge in [-0.15, -0.1) is 0 Å². The van der Waals surface area contributed by atoms with E-state index in [1.807, 2.05) is 19.9 Å². The van der Waals surface area contributed by atoms with Gasteiger partial charge in [0.2, 0.25) is 5.95 Å². The summed E-state index contributed by atoms with van der Waals surface area (Å²) in [6, 6.07) is 2.78. The molecular formula is C13H16F3N5. The van der Waals surface area contributed by atoms with Gasteiger partial charge in [0.25, 0.3) is 0 Å². The minimum atomic E-state index is -4.53. The molecule has 0 amide bonds. The van der Waals surface area contributed by atoms with Crippen LogP contribution in [-0.4, -0.2) is 26.8 Å². The maximum atomic E-state index is 12.9.